The normalized spacial score (nSPS) is 12.0. The van der Waals surface area contributed by atoms with Gasteiger partial charge in [0.05, 0.1) is 16.8 Å². The lowest BCUT2D eigenvalue weighted by atomic mass is 10.1. The number of aromatic nitrogens is 3. The van der Waals surface area contributed by atoms with Gasteiger partial charge >= 0.3 is 6.18 Å². The average Bonchev–Trinajstić information content (AvgIpc) is 3.03. The topological polar surface area (TPSA) is 59.3 Å². The van der Waals surface area contributed by atoms with Crippen LogP contribution in [0, 0.1) is 0 Å². The van der Waals surface area contributed by atoms with Crippen LogP contribution >= 0.6 is 11.6 Å². The first kappa shape index (κ1) is 17.0. The summed E-state index contributed by atoms with van der Waals surface area (Å²) in [5, 5.41) is 6.20. The quantitative estimate of drug-likeness (QED) is 0.711. The molecule has 128 valence electrons. The smallest absolute Gasteiger partial charge is 0.307 e. The van der Waals surface area contributed by atoms with E-state index in [9.17, 15) is 18.0 Å². The fraction of sp³-hybridized carbons (Fsp3) is 0.0625. The SMILES string of the molecule is O=C(/C=C/c1ccc(Cl)c(C(F)(F)F)c1)Nc1ccnc2ccnn12. The summed E-state index contributed by atoms with van der Waals surface area (Å²) in [6, 6.07) is 6.62. The van der Waals surface area contributed by atoms with E-state index in [0.717, 1.165) is 18.2 Å². The fourth-order valence-electron chi connectivity index (χ4n) is 2.13. The van der Waals surface area contributed by atoms with Crippen LogP contribution in [0.25, 0.3) is 11.7 Å². The second-order valence-corrected chi connectivity index (χ2v) is 5.40. The zero-order valence-electron chi connectivity index (χ0n) is 12.5. The summed E-state index contributed by atoms with van der Waals surface area (Å²) in [4.78, 5) is 16.0. The second-order valence-electron chi connectivity index (χ2n) is 4.99. The molecule has 2 heterocycles. The van der Waals surface area contributed by atoms with E-state index in [0.29, 0.717) is 11.5 Å². The average molecular weight is 367 g/mol. The van der Waals surface area contributed by atoms with Crippen molar-refractivity contribution in [3.63, 3.8) is 0 Å². The molecule has 0 aliphatic carbocycles. The third kappa shape index (κ3) is 3.80. The van der Waals surface area contributed by atoms with Crippen molar-refractivity contribution < 1.29 is 18.0 Å². The van der Waals surface area contributed by atoms with E-state index in [-0.39, 0.29) is 5.56 Å². The van der Waals surface area contributed by atoms with Gasteiger partial charge in [-0.2, -0.15) is 22.8 Å². The molecule has 0 saturated heterocycles. The Kier molecular flexibility index (Phi) is 4.45. The van der Waals surface area contributed by atoms with Crippen LogP contribution in [0.5, 0.6) is 0 Å². The van der Waals surface area contributed by atoms with Gasteiger partial charge in [-0.05, 0) is 29.8 Å². The molecule has 0 spiro atoms. The highest BCUT2D eigenvalue weighted by Crippen LogP contribution is 2.35. The van der Waals surface area contributed by atoms with E-state index in [4.69, 9.17) is 11.6 Å². The summed E-state index contributed by atoms with van der Waals surface area (Å²) in [7, 11) is 0. The van der Waals surface area contributed by atoms with Crippen molar-refractivity contribution in [1.82, 2.24) is 14.6 Å². The van der Waals surface area contributed by atoms with Gasteiger partial charge in [-0.25, -0.2) is 4.98 Å². The van der Waals surface area contributed by atoms with Gasteiger partial charge in [0.25, 0.3) is 0 Å². The van der Waals surface area contributed by atoms with Crippen LogP contribution in [0.2, 0.25) is 5.02 Å². The van der Waals surface area contributed by atoms with Crippen molar-refractivity contribution >= 4 is 35.0 Å². The van der Waals surface area contributed by atoms with Gasteiger partial charge in [-0.1, -0.05) is 17.7 Å². The predicted molar refractivity (Wildman–Crippen MR) is 87.1 cm³/mol. The van der Waals surface area contributed by atoms with Crippen LogP contribution in [0.1, 0.15) is 11.1 Å². The van der Waals surface area contributed by atoms with E-state index >= 15 is 0 Å². The summed E-state index contributed by atoms with van der Waals surface area (Å²) < 4.78 is 39.9. The number of fused-ring (bicyclic) bond motifs is 1. The first-order chi connectivity index (χ1) is 11.8. The molecule has 2 aromatic heterocycles. The lowest BCUT2D eigenvalue weighted by Crippen LogP contribution is -2.12. The molecule has 0 fully saturated rings. The molecule has 0 aliphatic heterocycles. The van der Waals surface area contributed by atoms with Crippen LogP contribution in [-0.2, 0) is 11.0 Å². The van der Waals surface area contributed by atoms with E-state index in [1.54, 1.807) is 12.1 Å². The van der Waals surface area contributed by atoms with Crippen molar-refractivity contribution in [2.24, 2.45) is 0 Å². The Balaban J connectivity index is 1.78. The van der Waals surface area contributed by atoms with Crippen molar-refractivity contribution in [3.8, 4) is 0 Å². The van der Waals surface area contributed by atoms with Crippen molar-refractivity contribution in [1.29, 1.82) is 0 Å². The van der Waals surface area contributed by atoms with E-state index in [1.807, 2.05) is 0 Å². The number of amides is 1. The third-order valence-corrected chi connectivity index (χ3v) is 3.59. The number of halogens is 4. The molecule has 0 bridgehead atoms. The molecule has 3 aromatic rings. The highest BCUT2D eigenvalue weighted by atomic mass is 35.5. The number of hydrogen-bond donors (Lipinski definition) is 1. The first-order valence-corrected chi connectivity index (χ1v) is 7.37. The Labute approximate surface area is 144 Å². The van der Waals surface area contributed by atoms with E-state index in [2.05, 4.69) is 15.4 Å². The molecule has 0 atom stereocenters. The lowest BCUT2D eigenvalue weighted by Gasteiger charge is -2.09. The van der Waals surface area contributed by atoms with Crippen LogP contribution < -0.4 is 5.32 Å². The van der Waals surface area contributed by atoms with Gasteiger partial charge in [-0.3, -0.25) is 4.79 Å². The molecular formula is C16H10ClF3N4O. The van der Waals surface area contributed by atoms with Crippen LogP contribution in [-0.4, -0.2) is 20.5 Å². The number of anilines is 1. The first-order valence-electron chi connectivity index (χ1n) is 6.99. The summed E-state index contributed by atoms with van der Waals surface area (Å²) in [6.07, 6.45) is 0.860. The van der Waals surface area contributed by atoms with Crippen LogP contribution in [0.3, 0.4) is 0 Å². The van der Waals surface area contributed by atoms with Gasteiger partial charge < -0.3 is 5.32 Å². The maximum Gasteiger partial charge on any atom is 0.417 e. The van der Waals surface area contributed by atoms with Gasteiger partial charge in [0.1, 0.15) is 5.82 Å². The third-order valence-electron chi connectivity index (χ3n) is 3.26. The molecule has 9 heteroatoms. The fourth-order valence-corrected chi connectivity index (χ4v) is 2.36. The molecule has 1 N–H and O–H groups in total. The predicted octanol–water partition coefficient (Wildman–Crippen LogP) is 4.05. The van der Waals surface area contributed by atoms with Gasteiger partial charge in [-0.15, -0.1) is 0 Å². The highest BCUT2D eigenvalue weighted by Gasteiger charge is 2.33. The minimum Gasteiger partial charge on any atom is -0.307 e. The molecule has 1 amide bonds. The molecule has 25 heavy (non-hydrogen) atoms. The molecule has 0 aliphatic rings. The number of alkyl halides is 3. The Morgan fingerprint density at radius 2 is 2.00 bits per heavy atom. The van der Waals surface area contributed by atoms with Crippen molar-refractivity contribution in [2.75, 3.05) is 5.32 Å². The Bertz CT molecular complexity index is 965. The van der Waals surface area contributed by atoms with Gasteiger partial charge in [0.2, 0.25) is 5.91 Å². The minimum atomic E-state index is -4.56. The number of rotatable bonds is 3. The standard InChI is InChI=1S/C16H10ClF3N4O/c17-12-3-1-10(9-11(12)16(18,19)20)2-4-15(25)23-14-5-7-21-13-6-8-22-24(13)14/h1-9H,(H,23,25)/b4-2+. The van der Waals surface area contributed by atoms with Crippen LogP contribution in [0.15, 0.2) is 48.8 Å². The van der Waals surface area contributed by atoms with Gasteiger partial charge in [0, 0.05) is 18.3 Å². The van der Waals surface area contributed by atoms with E-state index in [1.165, 1.54) is 29.1 Å². The zero-order chi connectivity index (χ0) is 18.0. The summed E-state index contributed by atoms with van der Waals surface area (Å²) in [5.41, 5.74) is -0.204. The molecular weight excluding hydrogens is 357 g/mol. The molecule has 5 nitrogen and oxygen atoms in total. The summed E-state index contributed by atoms with van der Waals surface area (Å²) in [6.45, 7) is 0. The van der Waals surface area contributed by atoms with Gasteiger partial charge in [0.15, 0.2) is 5.65 Å². The highest BCUT2D eigenvalue weighted by molar-refractivity contribution is 6.31. The Morgan fingerprint density at radius 3 is 2.76 bits per heavy atom. The zero-order valence-corrected chi connectivity index (χ0v) is 13.2. The molecule has 0 unspecified atom stereocenters. The Morgan fingerprint density at radius 1 is 1.20 bits per heavy atom. The number of hydrogen-bond acceptors (Lipinski definition) is 3. The van der Waals surface area contributed by atoms with Crippen molar-refractivity contribution in [3.05, 3.63) is 65.0 Å². The summed E-state index contributed by atoms with van der Waals surface area (Å²) >= 11 is 5.56. The number of benzene rings is 1. The Hall–Kier alpha value is -2.87. The second kappa shape index (κ2) is 6.56. The number of nitrogens with one attached hydrogen (secondary N) is 1. The lowest BCUT2D eigenvalue weighted by molar-refractivity contribution is -0.137. The molecule has 0 radical (unpaired) electrons. The summed E-state index contributed by atoms with van der Waals surface area (Å²) in [5.74, 6) is -0.136. The minimum absolute atomic E-state index is 0.200. The molecule has 1 aromatic carbocycles. The number of nitrogens with zero attached hydrogens (tertiary/aromatic N) is 3. The largest absolute Gasteiger partial charge is 0.417 e. The maximum absolute atomic E-state index is 12.8. The number of carbonyl (C=O) groups is 1. The maximum atomic E-state index is 12.8. The van der Waals surface area contributed by atoms with E-state index < -0.39 is 22.7 Å². The van der Waals surface area contributed by atoms with Crippen molar-refractivity contribution in [2.45, 2.75) is 6.18 Å². The molecule has 3 rings (SSSR count). The number of carbonyl (C=O) groups excluding carboxylic acids is 1. The monoisotopic (exact) mass is 366 g/mol. The molecule has 0 saturated carbocycles. The van der Waals surface area contributed by atoms with Crippen LogP contribution in [0.4, 0.5) is 19.0 Å².